The van der Waals surface area contributed by atoms with Gasteiger partial charge in [0.2, 0.25) is 5.91 Å². The first-order chi connectivity index (χ1) is 11.7. The maximum atomic E-state index is 12.6. The monoisotopic (exact) mass is 367 g/mol. The lowest BCUT2D eigenvalue weighted by atomic mass is 9.85. The molecule has 10 heteroatoms. The Morgan fingerprint density at radius 3 is 2.60 bits per heavy atom. The summed E-state index contributed by atoms with van der Waals surface area (Å²) in [6, 6.07) is -1.02. The van der Waals surface area contributed by atoms with Crippen molar-refractivity contribution in [1.29, 1.82) is 0 Å². The van der Waals surface area contributed by atoms with E-state index in [0.29, 0.717) is 19.4 Å². The predicted molar refractivity (Wildman–Crippen MR) is 82.1 cm³/mol. The number of morpholine rings is 1. The van der Waals surface area contributed by atoms with Crippen LogP contribution in [0.4, 0.5) is 13.2 Å². The molecule has 7 nitrogen and oxygen atoms in total. The SMILES string of the molecule is CCN(CC(=O)O)C1CC(NC(=O)C2COCCN2CC(F)(F)F)C1. The van der Waals surface area contributed by atoms with Crippen LogP contribution in [-0.4, -0.2) is 90.5 Å². The van der Waals surface area contributed by atoms with Crippen LogP contribution in [-0.2, 0) is 14.3 Å². The highest BCUT2D eigenvalue weighted by Gasteiger charge is 2.40. The molecule has 1 aliphatic carbocycles. The number of likely N-dealkylation sites (N-methyl/N-ethyl adjacent to an activating group) is 1. The van der Waals surface area contributed by atoms with E-state index in [1.54, 1.807) is 0 Å². The average Bonchev–Trinajstić information content (AvgIpc) is 2.47. The van der Waals surface area contributed by atoms with Gasteiger partial charge in [0, 0.05) is 18.6 Å². The minimum absolute atomic E-state index is 0.0574. The summed E-state index contributed by atoms with van der Waals surface area (Å²) in [6.45, 7) is 1.44. The summed E-state index contributed by atoms with van der Waals surface area (Å²) in [7, 11) is 0. The van der Waals surface area contributed by atoms with Gasteiger partial charge in [-0.2, -0.15) is 13.2 Å². The molecule has 2 N–H and O–H groups in total. The zero-order valence-corrected chi connectivity index (χ0v) is 14.1. The molecular weight excluding hydrogens is 343 g/mol. The van der Waals surface area contributed by atoms with Gasteiger partial charge in [0.05, 0.1) is 26.3 Å². The second kappa shape index (κ2) is 8.33. The summed E-state index contributed by atoms with van der Waals surface area (Å²) in [6.07, 6.45) is -3.17. The molecule has 25 heavy (non-hydrogen) atoms. The lowest BCUT2D eigenvalue weighted by molar-refractivity contribution is -0.167. The fraction of sp³-hybridized carbons (Fsp3) is 0.867. The number of alkyl halides is 3. The summed E-state index contributed by atoms with van der Waals surface area (Å²) < 4.78 is 43.1. The molecule has 1 atom stereocenters. The normalized spacial score (nSPS) is 27.8. The fourth-order valence-electron chi connectivity index (χ4n) is 3.27. The van der Waals surface area contributed by atoms with Crippen LogP contribution in [0, 0.1) is 0 Å². The molecule has 0 bridgehead atoms. The third-order valence-corrected chi connectivity index (χ3v) is 4.64. The molecule has 1 aliphatic heterocycles. The number of carboxylic acid groups (broad SMARTS) is 1. The molecule has 144 valence electrons. The molecule has 2 aliphatic rings. The maximum absolute atomic E-state index is 12.6. The van der Waals surface area contributed by atoms with Gasteiger partial charge in [-0.1, -0.05) is 6.92 Å². The Balaban J connectivity index is 1.82. The minimum Gasteiger partial charge on any atom is -0.480 e. The van der Waals surface area contributed by atoms with Crippen LogP contribution < -0.4 is 5.32 Å². The molecule has 1 amide bonds. The molecule has 1 saturated carbocycles. The van der Waals surface area contributed by atoms with Gasteiger partial charge in [-0.05, 0) is 19.4 Å². The lowest BCUT2D eigenvalue weighted by Crippen LogP contribution is -2.60. The Morgan fingerprint density at radius 1 is 1.36 bits per heavy atom. The highest BCUT2D eigenvalue weighted by atomic mass is 19.4. The summed E-state index contributed by atoms with van der Waals surface area (Å²) in [5.74, 6) is -1.37. The number of ether oxygens (including phenoxy) is 1. The van der Waals surface area contributed by atoms with Crippen molar-refractivity contribution in [3.63, 3.8) is 0 Å². The zero-order chi connectivity index (χ0) is 18.6. The first-order valence-corrected chi connectivity index (χ1v) is 8.34. The highest BCUT2D eigenvalue weighted by molar-refractivity contribution is 5.82. The first kappa shape index (κ1) is 19.9. The first-order valence-electron chi connectivity index (χ1n) is 8.34. The number of nitrogens with one attached hydrogen (secondary N) is 1. The van der Waals surface area contributed by atoms with Gasteiger partial charge in [0.25, 0.3) is 0 Å². The molecular formula is C15H24F3N3O4. The second-order valence-electron chi connectivity index (χ2n) is 6.46. The molecule has 0 radical (unpaired) electrons. The molecule has 1 saturated heterocycles. The van der Waals surface area contributed by atoms with E-state index in [2.05, 4.69) is 5.32 Å². The van der Waals surface area contributed by atoms with E-state index in [4.69, 9.17) is 9.84 Å². The van der Waals surface area contributed by atoms with E-state index >= 15 is 0 Å². The van der Waals surface area contributed by atoms with Crippen molar-refractivity contribution in [3.05, 3.63) is 0 Å². The van der Waals surface area contributed by atoms with Crippen molar-refractivity contribution < 1.29 is 32.6 Å². The Morgan fingerprint density at radius 2 is 2.04 bits per heavy atom. The molecule has 1 unspecified atom stereocenters. The van der Waals surface area contributed by atoms with Crippen LogP contribution in [0.15, 0.2) is 0 Å². The van der Waals surface area contributed by atoms with Crippen molar-refractivity contribution in [1.82, 2.24) is 15.1 Å². The van der Waals surface area contributed by atoms with Crippen molar-refractivity contribution in [3.8, 4) is 0 Å². The van der Waals surface area contributed by atoms with Gasteiger partial charge >= 0.3 is 12.1 Å². The van der Waals surface area contributed by atoms with E-state index < -0.39 is 30.6 Å². The number of rotatable bonds is 7. The van der Waals surface area contributed by atoms with Crippen LogP contribution in [0.2, 0.25) is 0 Å². The number of carbonyl (C=O) groups is 2. The lowest BCUT2D eigenvalue weighted by Gasteiger charge is -2.43. The highest BCUT2D eigenvalue weighted by Crippen LogP contribution is 2.26. The number of halogens is 3. The Labute approximate surface area is 144 Å². The van der Waals surface area contributed by atoms with Crippen molar-refractivity contribution in [2.45, 2.75) is 44.1 Å². The Hall–Kier alpha value is -1.39. The van der Waals surface area contributed by atoms with E-state index in [-0.39, 0.29) is 38.4 Å². The molecule has 2 fully saturated rings. The van der Waals surface area contributed by atoms with Crippen LogP contribution in [0.1, 0.15) is 19.8 Å². The van der Waals surface area contributed by atoms with E-state index in [0.717, 1.165) is 4.90 Å². The smallest absolute Gasteiger partial charge is 0.401 e. The van der Waals surface area contributed by atoms with Crippen LogP contribution >= 0.6 is 0 Å². The summed E-state index contributed by atoms with van der Waals surface area (Å²) in [5, 5.41) is 11.6. The van der Waals surface area contributed by atoms with Crippen molar-refractivity contribution in [2.24, 2.45) is 0 Å². The number of nitrogens with zero attached hydrogens (tertiary/aromatic N) is 2. The topological polar surface area (TPSA) is 82.1 Å². The van der Waals surface area contributed by atoms with Gasteiger partial charge in [-0.25, -0.2) is 0 Å². The maximum Gasteiger partial charge on any atom is 0.401 e. The number of carboxylic acids is 1. The number of hydrogen-bond donors (Lipinski definition) is 2. The van der Waals surface area contributed by atoms with Crippen LogP contribution in [0.25, 0.3) is 0 Å². The van der Waals surface area contributed by atoms with Crippen molar-refractivity contribution >= 4 is 11.9 Å². The molecule has 0 aromatic rings. The number of aliphatic carboxylic acids is 1. The van der Waals surface area contributed by atoms with Gasteiger partial charge in [0.1, 0.15) is 6.04 Å². The fourth-order valence-corrected chi connectivity index (χ4v) is 3.27. The summed E-state index contributed by atoms with van der Waals surface area (Å²) in [4.78, 5) is 26.0. The number of amides is 1. The number of carbonyl (C=O) groups excluding carboxylic acids is 1. The van der Waals surface area contributed by atoms with Crippen molar-refractivity contribution in [2.75, 3.05) is 39.4 Å². The largest absolute Gasteiger partial charge is 0.480 e. The van der Waals surface area contributed by atoms with E-state index in [9.17, 15) is 22.8 Å². The predicted octanol–water partition coefficient (Wildman–Crippen LogP) is 0.303. The summed E-state index contributed by atoms with van der Waals surface area (Å²) in [5.41, 5.74) is 0. The van der Waals surface area contributed by atoms with Gasteiger partial charge < -0.3 is 15.2 Å². The Kier molecular flexibility index (Phi) is 6.64. The van der Waals surface area contributed by atoms with Gasteiger partial charge in [0.15, 0.2) is 0 Å². The zero-order valence-electron chi connectivity index (χ0n) is 14.1. The minimum atomic E-state index is -4.37. The molecule has 2 rings (SSSR count). The summed E-state index contributed by atoms with van der Waals surface area (Å²) >= 11 is 0. The third-order valence-electron chi connectivity index (χ3n) is 4.64. The molecule has 0 aromatic heterocycles. The average molecular weight is 367 g/mol. The van der Waals surface area contributed by atoms with Gasteiger partial charge in [-0.15, -0.1) is 0 Å². The van der Waals surface area contributed by atoms with E-state index in [1.807, 2.05) is 11.8 Å². The standard InChI is InChI=1S/C15H24F3N3O4/c1-2-20(7-13(22)23)11-5-10(6-11)19-14(24)12-8-25-4-3-21(12)9-15(16,17)18/h10-12H,2-9H2,1H3,(H,19,24)(H,22,23). The van der Waals surface area contributed by atoms with E-state index in [1.165, 1.54) is 0 Å². The quantitative estimate of drug-likeness (QED) is 0.674. The molecule has 0 spiro atoms. The Bertz CT molecular complexity index is 483. The number of hydrogen-bond acceptors (Lipinski definition) is 5. The molecule has 0 aromatic carbocycles. The van der Waals surface area contributed by atoms with Crippen LogP contribution in [0.5, 0.6) is 0 Å². The van der Waals surface area contributed by atoms with Crippen LogP contribution in [0.3, 0.4) is 0 Å². The second-order valence-corrected chi connectivity index (χ2v) is 6.46. The third kappa shape index (κ3) is 5.82. The van der Waals surface area contributed by atoms with Gasteiger partial charge in [-0.3, -0.25) is 19.4 Å². The molecule has 1 heterocycles.